The Morgan fingerprint density at radius 1 is 1.45 bits per heavy atom. The molecular weight excluding hydrogens is 266 g/mol. The molecule has 0 aliphatic carbocycles. The minimum Gasteiger partial charge on any atom is -0.341 e. The van der Waals surface area contributed by atoms with Crippen molar-refractivity contribution in [1.29, 1.82) is 0 Å². The number of thioether (sulfide) groups is 1. The molecule has 2 nitrogen and oxygen atoms in total. The van der Waals surface area contributed by atoms with Gasteiger partial charge in [-0.1, -0.05) is 24.1 Å². The lowest BCUT2D eigenvalue weighted by Crippen LogP contribution is -2.38. The van der Waals surface area contributed by atoms with E-state index in [-0.39, 0.29) is 5.91 Å². The Hall–Kier alpha value is -1.40. The Bertz CT molecular complexity index is 503. The van der Waals surface area contributed by atoms with Gasteiger partial charge in [-0.2, -0.15) is 0 Å². The molecular formula is C17H21NOS. The van der Waals surface area contributed by atoms with E-state index in [1.165, 1.54) is 4.90 Å². The summed E-state index contributed by atoms with van der Waals surface area (Å²) < 4.78 is 0. The molecule has 1 fully saturated rings. The molecule has 0 aromatic heterocycles. The predicted molar refractivity (Wildman–Crippen MR) is 84.5 cm³/mol. The predicted octanol–water partition coefficient (Wildman–Crippen LogP) is 3.29. The fourth-order valence-electron chi connectivity index (χ4n) is 2.34. The van der Waals surface area contributed by atoms with Crippen LogP contribution in [0.5, 0.6) is 0 Å². The average Bonchev–Trinajstić information content (AvgIpc) is 2.94. The highest BCUT2D eigenvalue weighted by molar-refractivity contribution is 7.99. The molecule has 1 atom stereocenters. The van der Waals surface area contributed by atoms with E-state index in [1.54, 1.807) is 0 Å². The quantitative estimate of drug-likeness (QED) is 0.625. The summed E-state index contributed by atoms with van der Waals surface area (Å²) in [6.45, 7) is 5.32. The molecule has 2 rings (SSSR count). The van der Waals surface area contributed by atoms with Crippen LogP contribution in [0.1, 0.15) is 20.3 Å². The van der Waals surface area contributed by atoms with Gasteiger partial charge in [-0.25, -0.2) is 0 Å². The molecule has 0 radical (unpaired) electrons. The number of amides is 1. The molecule has 1 aliphatic heterocycles. The van der Waals surface area contributed by atoms with Crippen LogP contribution in [0.15, 0.2) is 35.2 Å². The Kier molecular flexibility index (Phi) is 4.77. The van der Waals surface area contributed by atoms with Gasteiger partial charge in [0, 0.05) is 23.7 Å². The zero-order valence-corrected chi connectivity index (χ0v) is 13.0. The first kappa shape index (κ1) is 15.0. The van der Waals surface area contributed by atoms with Gasteiger partial charge in [0.2, 0.25) is 5.91 Å². The molecule has 0 saturated carbocycles. The topological polar surface area (TPSA) is 20.3 Å². The molecule has 1 saturated heterocycles. The van der Waals surface area contributed by atoms with Crippen LogP contribution in [0.25, 0.3) is 0 Å². The SMILES string of the molecule is C#CC(C)(C)C(=O)N1CCC(CSc2ccccc2)C1. The third kappa shape index (κ3) is 3.58. The number of carbonyl (C=O) groups is 1. The second-order valence-corrected chi connectivity index (χ2v) is 6.89. The van der Waals surface area contributed by atoms with Gasteiger partial charge in [0.05, 0.1) is 0 Å². The highest BCUT2D eigenvalue weighted by atomic mass is 32.2. The number of hydrogen-bond acceptors (Lipinski definition) is 2. The minimum atomic E-state index is -0.679. The minimum absolute atomic E-state index is 0.0900. The summed E-state index contributed by atoms with van der Waals surface area (Å²) in [4.78, 5) is 15.5. The first-order chi connectivity index (χ1) is 9.53. The third-order valence-corrected chi connectivity index (χ3v) is 4.94. The van der Waals surface area contributed by atoms with E-state index >= 15 is 0 Å². The summed E-state index contributed by atoms with van der Waals surface area (Å²) in [7, 11) is 0. The van der Waals surface area contributed by atoms with Gasteiger partial charge in [0.25, 0.3) is 0 Å². The first-order valence-corrected chi connectivity index (χ1v) is 7.96. The van der Waals surface area contributed by atoms with Crippen molar-refractivity contribution in [2.24, 2.45) is 11.3 Å². The molecule has 0 spiro atoms. The van der Waals surface area contributed by atoms with E-state index < -0.39 is 5.41 Å². The molecule has 1 amide bonds. The number of terminal acetylenes is 1. The lowest BCUT2D eigenvalue weighted by Gasteiger charge is -2.25. The largest absolute Gasteiger partial charge is 0.341 e. The zero-order chi connectivity index (χ0) is 14.6. The van der Waals surface area contributed by atoms with Crippen LogP contribution >= 0.6 is 11.8 Å². The normalized spacial score (nSPS) is 18.9. The molecule has 0 N–H and O–H groups in total. The Morgan fingerprint density at radius 2 is 2.15 bits per heavy atom. The summed E-state index contributed by atoms with van der Waals surface area (Å²) >= 11 is 1.87. The van der Waals surface area contributed by atoms with Crippen molar-refractivity contribution in [3.8, 4) is 12.3 Å². The molecule has 1 heterocycles. The lowest BCUT2D eigenvalue weighted by molar-refractivity contribution is -0.136. The van der Waals surface area contributed by atoms with Crippen molar-refractivity contribution in [3.63, 3.8) is 0 Å². The number of rotatable bonds is 4. The second kappa shape index (κ2) is 6.37. The van der Waals surface area contributed by atoms with Crippen LogP contribution in [0.2, 0.25) is 0 Å². The van der Waals surface area contributed by atoms with Gasteiger partial charge in [0.1, 0.15) is 5.41 Å². The van der Waals surface area contributed by atoms with Crippen molar-refractivity contribution in [3.05, 3.63) is 30.3 Å². The molecule has 1 aliphatic rings. The average molecular weight is 287 g/mol. The Labute approximate surface area is 125 Å². The number of benzene rings is 1. The van der Waals surface area contributed by atoms with Gasteiger partial charge in [0.15, 0.2) is 0 Å². The number of nitrogens with zero attached hydrogens (tertiary/aromatic N) is 1. The molecule has 1 aromatic carbocycles. The summed E-state index contributed by atoms with van der Waals surface area (Å²) in [6, 6.07) is 10.4. The fourth-order valence-corrected chi connectivity index (χ4v) is 3.39. The molecule has 3 heteroatoms. The van der Waals surface area contributed by atoms with Gasteiger partial charge in [-0.05, 0) is 38.3 Å². The number of hydrogen-bond donors (Lipinski definition) is 0. The van der Waals surface area contributed by atoms with Crippen molar-refractivity contribution in [2.45, 2.75) is 25.2 Å². The van der Waals surface area contributed by atoms with Gasteiger partial charge in [-0.15, -0.1) is 18.2 Å². The monoisotopic (exact) mass is 287 g/mol. The van der Waals surface area contributed by atoms with Crippen molar-refractivity contribution < 1.29 is 4.79 Å². The van der Waals surface area contributed by atoms with Crippen LogP contribution in [-0.2, 0) is 4.79 Å². The highest BCUT2D eigenvalue weighted by Crippen LogP contribution is 2.28. The van der Waals surface area contributed by atoms with E-state index in [2.05, 4.69) is 30.2 Å². The lowest BCUT2D eigenvalue weighted by atomic mass is 9.93. The molecule has 0 bridgehead atoms. The van der Waals surface area contributed by atoms with Gasteiger partial charge >= 0.3 is 0 Å². The smallest absolute Gasteiger partial charge is 0.240 e. The van der Waals surface area contributed by atoms with Crippen LogP contribution in [0, 0.1) is 23.7 Å². The Morgan fingerprint density at radius 3 is 2.80 bits per heavy atom. The highest BCUT2D eigenvalue weighted by Gasteiger charge is 2.34. The molecule has 106 valence electrons. The standard InChI is InChI=1S/C17H21NOS/c1-4-17(2,3)16(19)18-11-10-14(12-18)13-20-15-8-6-5-7-9-15/h1,5-9,14H,10-13H2,2-3H3. The summed E-state index contributed by atoms with van der Waals surface area (Å²) in [5, 5.41) is 0. The van der Waals surface area contributed by atoms with Crippen LogP contribution < -0.4 is 0 Å². The van der Waals surface area contributed by atoms with Crippen molar-refractivity contribution in [1.82, 2.24) is 4.90 Å². The van der Waals surface area contributed by atoms with E-state index in [0.717, 1.165) is 25.3 Å². The van der Waals surface area contributed by atoms with Crippen molar-refractivity contribution in [2.75, 3.05) is 18.8 Å². The fraction of sp³-hybridized carbons (Fsp3) is 0.471. The van der Waals surface area contributed by atoms with Crippen LogP contribution in [0.4, 0.5) is 0 Å². The second-order valence-electron chi connectivity index (χ2n) is 5.80. The Balaban J connectivity index is 1.84. The number of likely N-dealkylation sites (tertiary alicyclic amines) is 1. The van der Waals surface area contributed by atoms with Gasteiger partial charge in [-0.3, -0.25) is 4.79 Å². The molecule has 20 heavy (non-hydrogen) atoms. The first-order valence-electron chi connectivity index (χ1n) is 6.98. The third-order valence-electron chi connectivity index (χ3n) is 3.70. The van der Waals surface area contributed by atoms with Crippen molar-refractivity contribution >= 4 is 17.7 Å². The van der Waals surface area contributed by atoms with E-state index in [1.807, 2.05) is 36.6 Å². The summed E-state index contributed by atoms with van der Waals surface area (Å²) in [6.07, 6.45) is 6.52. The molecule has 1 aromatic rings. The van der Waals surface area contributed by atoms with E-state index in [4.69, 9.17) is 6.42 Å². The summed E-state index contributed by atoms with van der Waals surface area (Å²) in [5.41, 5.74) is -0.679. The number of carbonyl (C=O) groups excluding carboxylic acids is 1. The maximum absolute atomic E-state index is 12.3. The van der Waals surface area contributed by atoms with Crippen LogP contribution in [-0.4, -0.2) is 29.6 Å². The maximum atomic E-state index is 12.3. The zero-order valence-electron chi connectivity index (χ0n) is 12.1. The summed E-state index contributed by atoms with van der Waals surface area (Å²) in [5.74, 6) is 4.31. The van der Waals surface area contributed by atoms with Crippen LogP contribution in [0.3, 0.4) is 0 Å². The van der Waals surface area contributed by atoms with Gasteiger partial charge < -0.3 is 4.90 Å². The maximum Gasteiger partial charge on any atom is 0.240 e. The van der Waals surface area contributed by atoms with E-state index in [0.29, 0.717) is 5.92 Å². The van der Waals surface area contributed by atoms with E-state index in [9.17, 15) is 4.79 Å². The molecule has 1 unspecified atom stereocenters.